The Hall–Kier alpha value is -2.38. The Morgan fingerprint density at radius 3 is 2.55 bits per heavy atom. The Balaban J connectivity index is 2.07. The van der Waals surface area contributed by atoms with E-state index in [0.29, 0.717) is 16.9 Å². The Morgan fingerprint density at radius 2 is 1.95 bits per heavy atom. The smallest absolute Gasteiger partial charge is 0.129 e. The van der Waals surface area contributed by atoms with Crippen molar-refractivity contribution in [1.29, 1.82) is 5.26 Å². The number of halogens is 1. The van der Waals surface area contributed by atoms with Gasteiger partial charge in [-0.3, -0.25) is 0 Å². The normalized spacial score (nSPS) is 11.7. The fraction of sp³-hybridized carbons (Fsp3) is 0.188. The van der Waals surface area contributed by atoms with Crippen LogP contribution in [0, 0.1) is 17.1 Å². The lowest BCUT2D eigenvalue weighted by molar-refractivity contribution is 0.299. The summed E-state index contributed by atoms with van der Waals surface area (Å²) in [6.45, 7) is 1.98. The number of hydrogen-bond acceptors (Lipinski definition) is 3. The molecule has 0 aromatic heterocycles. The number of rotatable bonds is 4. The lowest BCUT2D eigenvalue weighted by Crippen LogP contribution is -2.04. The molecule has 0 aliphatic rings. The van der Waals surface area contributed by atoms with E-state index in [9.17, 15) is 4.39 Å². The summed E-state index contributed by atoms with van der Waals surface area (Å²) in [5.74, 6) is 0.257. The van der Waals surface area contributed by atoms with E-state index >= 15 is 0 Å². The van der Waals surface area contributed by atoms with Gasteiger partial charge >= 0.3 is 0 Å². The maximum Gasteiger partial charge on any atom is 0.129 e. The first-order chi connectivity index (χ1) is 9.60. The molecule has 0 radical (unpaired) electrons. The van der Waals surface area contributed by atoms with Crippen molar-refractivity contribution < 1.29 is 9.13 Å². The molecule has 4 heteroatoms. The molecule has 0 unspecified atom stereocenters. The van der Waals surface area contributed by atoms with Crippen molar-refractivity contribution >= 4 is 0 Å². The zero-order valence-corrected chi connectivity index (χ0v) is 11.1. The van der Waals surface area contributed by atoms with Crippen molar-refractivity contribution in [3.8, 4) is 11.8 Å². The standard InChI is InChI=1S/C16H15FN2O/c1-11(19)13-3-5-15(6-4-13)20-10-14-8-12(9-18)2-7-16(14)17/h2-8,11H,10,19H2,1H3/t11-/m1/s1. The number of benzene rings is 2. The molecule has 2 rings (SSSR count). The SMILES string of the molecule is C[C@@H](N)c1ccc(OCc2cc(C#N)ccc2F)cc1. The van der Waals surface area contributed by atoms with Gasteiger partial charge in [-0.15, -0.1) is 0 Å². The topological polar surface area (TPSA) is 59.0 Å². The summed E-state index contributed by atoms with van der Waals surface area (Å²) in [5, 5.41) is 8.80. The molecule has 0 amide bonds. The maximum atomic E-state index is 13.6. The molecular weight excluding hydrogens is 255 g/mol. The van der Waals surface area contributed by atoms with Gasteiger partial charge in [-0.1, -0.05) is 12.1 Å². The molecule has 2 N–H and O–H groups in total. The second kappa shape index (κ2) is 6.18. The van der Waals surface area contributed by atoms with Crippen LogP contribution < -0.4 is 10.5 Å². The largest absolute Gasteiger partial charge is 0.489 e. The minimum absolute atomic E-state index is 0.0335. The molecule has 0 bridgehead atoms. The van der Waals surface area contributed by atoms with Crippen LogP contribution in [0.5, 0.6) is 5.75 Å². The zero-order valence-electron chi connectivity index (χ0n) is 11.1. The van der Waals surface area contributed by atoms with Crippen molar-refractivity contribution in [3.05, 3.63) is 65.0 Å². The summed E-state index contributed by atoms with van der Waals surface area (Å²) in [7, 11) is 0. The first kappa shape index (κ1) is 14.0. The van der Waals surface area contributed by atoms with E-state index in [-0.39, 0.29) is 18.5 Å². The minimum Gasteiger partial charge on any atom is -0.489 e. The fourth-order valence-electron chi connectivity index (χ4n) is 1.78. The van der Waals surface area contributed by atoms with Crippen molar-refractivity contribution in [2.75, 3.05) is 0 Å². The second-order valence-electron chi connectivity index (χ2n) is 4.56. The molecule has 0 aliphatic heterocycles. The highest BCUT2D eigenvalue weighted by Gasteiger charge is 2.05. The highest BCUT2D eigenvalue weighted by Crippen LogP contribution is 2.18. The first-order valence-corrected chi connectivity index (χ1v) is 6.27. The maximum absolute atomic E-state index is 13.6. The minimum atomic E-state index is -0.379. The Kier molecular flexibility index (Phi) is 4.34. The average molecular weight is 270 g/mol. The molecule has 2 aromatic carbocycles. The van der Waals surface area contributed by atoms with E-state index in [0.717, 1.165) is 5.56 Å². The van der Waals surface area contributed by atoms with Gasteiger partial charge in [0.05, 0.1) is 11.6 Å². The quantitative estimate of drug-likeness (QED) is 0.927. The van der Waals surface area contributed by atoms with Gasteiger partial charge in [0.1, 0.15) is 18.2 Å². The van der Waals surface area contributed by atoms with Crippen LogP contribution in [-0.2, 0) is 6.61 Å². The van der Waals surface area contributed by atoms with Crippen LogP contribution in [0.1, 0.15) is 29.7 Å². The molecular formula is C16H15FN2O. The molecule has 2 aromatic rings. The summed E-state index contributed by atoms with van der Waals surface area (Å²) in [6, 6.07) is 13.5. The third-order valence-corrected chi connectivity index (χ3v) is 2.98. The average Bonchev–Trinajstić information content (AvgIpc) is 2.47. The van der Waals surface area contributed by atoms with Crippen LogP contribution in [0.4, 0.5) is 4.39 Å². The van der Waals surface area contributed by atoms with Crippen LogP contribution in [-0.4, -0.2) is 0 Å². The Bertz CT molecular complexity index is 630. The highest BCUT2D eigenvalue weighted by atomic mass is 19.1. The van der Waals surface area contributed by atoms with Gasteiger partial charge in [0.25, 0.3) is 0 Å². The molecule has 0 saturated heterocycles. The van der Waals surface area contributed by atoms with E-state index in [4.69, 9.17) is 15.7 Å². The zero-order chi connectivity index (χ0) is 14.5. The predicted molar refractivity (Wildman–Crippen MR) is 74.5 cm³/mol. The summed E-state index contributed by atoms with van der Waals surface area (Å²) in [4.78, 5) is 0. The summed E-state index contributed by atoms with van der Waals surface area (Å²) < 4.78 is 19.1. The first-order valence-electron chi connectivity index (χ1n) is 6.27. The number of nitriles is 1. The lowest BCUT2D eigenvalue weighted by atomic mass is 10.1. The third-order valence-electron chi connectivity index (χ3n) is 2.98. The van der Waals surface area contributed by atoms with Crippen LogP contribution in [0.3, 0.4) is 0 Å². The molecule has 0 aliphatic carbocycles. The van der Waals surface area contributed by atoms with Crippen molar-refractivity contribution in [2.45, 2.75) is 19.6 Å². The van der Waals surface area contributed by atoms with Crippen molar-refractivity contribution in [2.24, 2.45) is 5.73 Å². The highest BCUT2D eigenvalue weighted by molar-refractivity contribution is 5.34. The second-order valence-corrected chi connectivity index (χ2v) is 4.56. The molecule has 102 valence electrons. The van der Waals surface area contributed by atoms with Gasteiger partial charge in [0, 0.05) is 11.6 Å². The van der Waals surface area contributed by atoms with Crippen LogP contribution in [0.2, 0.25) is 0 Å². The number of nitrogens with zero attached hydrogens (tertiary/aromatic N) is 1. The van der Waals surface area contributed by atoms with Gasteiger partial charge in [-0.2, -0.15) is 5.26 Å². The monoisotopic (exact) mass is 270 g/mol. The van der Waals surface area contributed by atoms with Crippen LogP contribution >= 0.6 is 0 Å². The third kappa shape index (κ3) is 3.34. The lowest BCUT2D eigenvalue weighted by Gasteiger charge is -2.09. The van der Waals surface area contributed by atoms with Gasteiger partial charge < -0.3 is 10.5 Å². The van der Waals surface area contributed by atoms with Gasteiger partial charge in [-0.05, 0) is 42.8 Å². The molecule has 0 spiro atoms. The Morgan fingerprint density at radius 1 is 1.25 bits per heavy atom. The molecule has 1 atom stereocenters. The van der Waals surface area contributed by atoms with E-state index in [2.05, 4.69) is 0 Å². The van der Waals surface area contributed by atoms with E-state index in [1.807, 2.05) is 25.1 Å². The number of ether oxygens (including phenoxy) is 1. The van der Waals surface area contributed by atoms with E-state index < -0.39 is 0 Å². The van der Waals surface area contributed by atoms with Gasteiger partial charge in [-0.25, -0.2) is 4.39 Å². The summed E-state index contributed by atoms with van der Waals surface area (Å²) in [6.07, 6.45) is 0. The van der Waals surface area contributed by atoms with Gasteiger partial charge in [0.15, 0.2) is 0 Å². The van der Waals surface area contributed by atoms with Crippen LogP contribution in [0.15, 0.2) is 42.5 Å². The summed E-state index contributed by atoms with van der Waals surface area (Å²) in [5.41, 5.74) is 7.54. The molecule has 0 fully saturated rings. The number of hydrogen-bond donors (Lipinski definition) is 1. The summed E-state index contributed by atoms with van der Waals surface area (Å²) >= 11 is 0. The molecule has 20 heavy (non-hydrogen) atoms. The van der Waals surface area contributed by atoms with E-state index in [1.54, 1.807) is 12.1 Å². The van der Waals surface area contributed by atoms with Crippen LogP contribution in [0.25, 0.3) is 0 Å². The van der Waals surface area contributed by atoms with Gasteiger partial charge in [0.2, 0.25) is 0 Å². The number of nitrogens with two attached hydrogens (primary N) is 1. The van der Waals surface area contributed by atoms with E-state index in [1.165, 1.54) is 18.2 Å². The Labute approximate surface area is 117 Å². The molecule has 3 nitrogen and oxygen atoms in total. The predicted octanol–water partition coefficient (Wildman–Crippen LogP) is 3.30. The van der Waals surface area contributed by atoms with Crippen molar-refractivity contribution in [3.63, 3.8) is 0 Å². The molecule has 0 heterocycles. The molecule has 0 saturated carbocycles. The van der Waals surface area contributed by atoms with Crippen molar-refractivity contribution in [1.82, 2.24) is 0 Å². The fourth-order valence-corrected chi connectivity index (χ4v) is 1.78.